The molecule has 1 aromatic heterocycles. The van der Waals surface area contributed by atoms with Crippen molar-refractivity contribution in [2.75, 3.05) is 19.7 Å². The van der Waals surface area contributed by atoms with E-state index < -0.39 is 0 Å². The van der Waals surface area contributed by atoms with Crippen molar-refractivity contribution in [2.24, 2.45) is 5.92 Å². The molecule has 4 rings (SSSR count). The predicted molar refractivity (Wildman–Crippen MR) is 109 cm³/mol. The summed E-state index contributed by atoms with van der Waals surface area (Å²) in [6.45, 7) is 3.19. The molecule has 150 valence electrons. The number of hydrogen-bond donors (Lipinski definition) is 0. The van der Waals surface area contributed by atoms with Crippen LogP contribution in [0.5, 0.6) is 0 Å². The Morgan fingerprint density at radius 3 is 2.83 bits per heavy atom. The van der Waals surface area contributed by atoms with E-state index in [-0.39, 0.29) is 17.8 Å². The van der Waals surface area contributed by atoms with E-state index >= 15 is 0 Å². The van der Waals surface area contributed by atoms with Crippen LogP contribution in [-0.4, -0.2) is 41.5 Å². The number of carbonyl (C=O) groups excluding carboxylic acids is 2. The van der Waals surface area contributed by atoms with Gasteiger partial charge in [-0.1, -0.05) is 30.3 Å². The van der Waals surface area contributed by atoms with Crippen LogP contribution < -0.4 is 0 Å². The van der Waals surface area contributed by atoms with Crippen LogP contribution in [0.25, 0.3) is 11.1 Å². The van der Waals surface area contributed by atoms with Crippen LogP contribution in [0.4, 0.5) is 0 Å². The molecular formula is C23H24N2O4. The van der Waals surface area contributed by atoms with Gasteiger partial charge < -0.3 is 14.1 Å². The van der Waals surface area contributed by atoms with E-state index in [4.69, 9.17) is 9.15 Å². The number of carbonyl (C=O) groups is 2. The van der Waals surface area contributed by atoms with Crippen molar-refractivity contribution in [3.63, 3.8) is 0 Å². The molecule has 0 saturated carbocycles. The number of ether oxygens (including phenoxy) is 1. The van der Waals surface area contributed by atoms with E-state index in [0.717, 1.165) is 18.4 Å². The highest BCUT2D eigenvalue weighted by atomic mass is 16.5. The van der Waals surface area contributed by atoms with Crippen molar-refractivity contribution in [1.82, 2.24) is 9.88 Å². The molecule has 2 heterocycles. The fourth-order valence-corrected chi connectivity index (χ4v) is 3.75. The van der Waals surface area contributed by atoms with E-state index in [1.54, 1.807) is 30.0 Å². The summed E-state index contributed by atoms with van der Waals surface area (Å²) in [7, 11) is 0. The van der Waals surface area contributed by atoms with Crippen LogP contribution in [0.1, 0.15) is 41.6 Å². The summed E-state index contributed by atoms with van der Waals surface area (Å²) < 4.78 is 11.0. The lowest BCUT2D eigenvalue weighted by Crippen LogP contribution is -2.42. The van der Waals surface area contributed by atoms with Gasteiger partial charge in [-0.15, -0.1) is 0 Å². The first-order chi connectivity index (χ1) is 14.1. The Morgan fingerprint density at radius 2 is 2.03 bits per heavy atom. The number of likely N-dealkylation sites (tertiary alicyclic amines) is 1. The molecule has 0 spiro atoms. The second kappa shape index (κ2) is 8.47. The SMILES string of the molecule is CCOC(=O)[C@@H]1CCCN(C(=O)c2ccc3oc(Cc4ccccc4)nc3c2)C1. The minimum absolute atomic E-state index is 0.0893. The molecule has 0 unspecified atom stereocenters. The van der Waals surface area contributed by atoms with Crippen LogP contribution in [0, 0.1) is 5.92 Å². The van der Waals surface area contributed by atoms with Gasteiger partial charge in [-0.25, -0.2) is 4.98 Å². The molecule has 1 atom stereocenters. The molecule has 0 aliphatic carbocycles. The van der Waals surface area contributed by atoms with Gasteiger partial charge in [-0.2, -0.15) is 0 Å². The second-order valence-corrected chi connectivity index (χ2v) is 7.29. The van der Waals surface area contributed by atoms with Crippen molar-refractivity contribution >= 4 is 23.0 Å². The van der Waals surface area contributed by atoms with Crippen molar-refractivity contribution in [2.45, 2.75) is 26.2 Å². The highest BCUT2D eigenvalue weighted by Crippen LogP contribution is 2.23. The predicted octanol–water partition coefficient (Wildman–Crippen LogP) is 3.83. The third kappa shape index (κ3) is 4.31. The molecule has 3 aromatic rings. The van der Waals surface area contributed by atoms with E-state index in [1.807, 2.05) is 30.3 Å². The summed E-state index contributed by atoms with van der Waals surface area (Å²) in [5.41, 5.74) is 3.01. The molecule has 1 saturated heterocycles. The Labute approximate surface area is 169 Å². The molecule has 1 amide bonds. The molecule has 1 aliphatic rings. The summed E-state index contributed by atoms with van der Waals surface area (Å²) in [4.78, 5) is 31.3. The van der Waals surface area contributed by atoms with E-state index in [2.05, 4.69) is 4.98 Å². The molecular weight excluding hydrogens is 368 g/mol. The zero-order valence-corrected chi connectivity index (χ0v) is 16.5. The molecule has 1 fully saturated rings. The zero-order valence-electron chi connectivity index (χ0n) is 16.5. The lowest BCUT2D eigenvalue weighted by molar-refractivity contribution is -0.149. The van der Waals surface area contributed by atoms with Crippen molar-refractivity contribution in [3.8, 4) is 0 Å². The second-order valence-electron chi connectivity index (χ2n) is 7.29. The molecule has 1 aliphatic heterocycles. The summed E-state index contributed by atoms with van der Waals surface area (Å²) in [5.74, 6) is 0.0630. The van der Waals surface area contributed by atoms with Crippen LogP contribution >= 0.6 is 0 Å². The van der Waals surface area contributed by atoms with Gasteiger partial charge in [0.2, 0.25) is 0 Å². The maximum Gasteiger partial charge on any atom is 0.310 e. The number of oxazole rings is 1. The minimum atomic E-state index is -0.249. The number of hydrogen-bond acceptors (Lipinski definition) is 5. The van der Waals surface area contributed by atoms with Gasteiger partial charge in [0.05, 0.1) is 12.5 Å². The number of piperidine rings is 1. The van der Waals surface area contributed by atoms with Crippen molar-refractivity contribution in [1.29, 1.82) is 0 Å². The lowest BCUT2D eigenvalue weighted by atomic mass is 9.97. The summed E-state index contributed by atoms with van der Waals surface area (Å²) >= 11 is 0. The summed E-state index contributed by atoms with van der Waals surface area (Å²) in [5, 5.41) is 0. The topological polar surface area (TPSA) is 72.6 Å². The first-order valence-corrected chi connectivity index (χ1v) is 10.0. The number of rotatable bonds is 5. The normalized spacial score (nSPS) is 16.7. The fraction of sp³-hybridized carbons (Fsp3) is 0.348. The third-order valence-corrected chi connectivity index (χ3v) is 5.21. The number of amides is 1. The molecule has 2 aromatic carbocycles. The number of fused-ring (bicyclic) bond motifs is 1. The van der Waals surface area contributed by atoms with Gasteiger partial charge in [0.25, 0.3) is 5.91 Å². The Bertz CT molecular complexity index is 1010. The molecule has 0 N–H and O–H groups in total. The Morgan fingerprint density at radius 1 is 1.21 bits per heavy atom. The molecule has 6 nitrogen and oxygen atoms in total. The molecule has 29 heavy (non-hydrogen) atoms. The summed E-state index contributed by atoms with van der Waals surface area (Å²) in [6.07, 6.45) is 2.16. The Balaban J connectivity index is 1.50. The Hall–Kier alpha value is -3.15. The lowest BCUT2D eigenvalue weighted by Gasteiger charge is -2.31. The van der Waals surface area contributed by atoms with E-state index in [1.165, 1.54) is 0 Å². The van der Waals surface area contributed by atoms with Crippen LogP contribution in [0.2, 0.25) is 0 Å². The van der Waals surface area contributed by atoms with Gasteiger partial charge in [0, 0.05) is 25.1 Å². The average Bonchev–Trinajstić information content (AvgIpc) is 3.15. The Kier molecular flexibility index (Phi) is 5.60. The zero-order chi connectivity index (χ0) is 20.2. The number of nitrogens with zero attached hydrogens (tertiary/aromatic N) is 2. The van der Waals surface area contributed by atoms with Gasteiger partial charge >= 0.3 is 5.97 Å². The third-order valence-electron chi connectivity index (χ3n) is 5.21. The van der Waals surface area contributed by atoms with Gasteiger partial charge in [0.1, 0.15) is 5.52 Å². The maximum atomic E-state index is 13.0. The van der Waals surface area contributed by atoms with Crippen molar-refractivity contribution < 1.29 is 18.7 Å². The van der Waals surface area contributed by atoms with Gasteiger partial charge in [-0.05, 0) is 43.5 Å². The maximum absolute atomic E-state index is 13.0. The first kappa shape index (κ1) is 19.2. The number of esters is 1. The smallest absolute Gasteiger partial charge is 0.310 e. The quantitative estimate of drug-likeness (QED) is 0.617. The van der Waals surface area contributed by atoms with Crippen LogP contribution in [0.15, 0.2) is 52.9 Å². The first-order valence-electron chi connectivity index (χ1n) is 10.0. The van der Waals surface area contributed by atoms with E-state index in [9.17, 15) is 9.59 Å². The van der Waals surface area contributed by atoms with Crippen LogP contribution in [-0.2, 0) is 16.0 Å². The fourth-order valence-electron chi connectivity index (χ4n) is 3.75. The molecule has 0 bridgehead atoms. The molecule has 0 radical (unpaired) electrons. The van der Waals surface area contributed by atoms with Gasteiger partial charge in [-0.3, -0.25) is 9.59 Å². The number of benzene rings is 2. The molecule has 6 heteroatoms. The highest BCUT2D eigenvalue weighted by molar-refractivity contribution is 5.97. The largest absolute Gasteiger partial charge is 0.466 e. The standard InChI is InChI=1S/C23H24N2O4/c1-2-28-23(27)18-9-6-12-25(15-18)22(26)17-10-11-20-19(14-17)24-21(29-20)13-16-7-4-3-5-8-16/h3-5,7-8,10-11,14,18H,2,6,9,12-13,15H2,1H3/t18-/m1/s1. The number of aromatic nitrogens is 1. The summed E-state index contributed by atoms with van der Waals surface area (Å²) in [6, 6.07) is 15.3. The van der Waals surface area contributed by atoms with Crippen molar-refractivity contribution in [3.05, 3.63) is 65.5 Å². The van der Waals surface area contributed by atoms with Gasteiger partial charge in [0.15, 0.2) is 11.5 Å². The monoisotopic (exact) mass is 392 g/mol. The average molecular weight is 392 g/mol. The van der Waals surface area contributed by atoms with E-state index in [0.29, 0.717) is 48.7 Å². The van der Waals surface area contributed by atoms with Crippen LogP contribution in [0.3, 0.4) is 0 Å². The minimum Gasteiger partial charge on any atom is -0.466 e. The highest BCUT2D eigenvalue weighted by Gasteiger charge is 2.30.